The molecule has 6 nitrogen and oxygen atoms in total. The molecule has 0 atom stereocenters. The van der Waals surface area contributed by atoms with E-state index in [4.69, 9.17) is 16.2 Å². The zero-order chi connectivity index (χ0) is 15.7. The highest BCUT2D eigenvalue weighted by atomic mass is 32.1. The van der Waals surface area contributed by atoms with Gasteiger partial charge in [0.1, 0.15) is 5.75 Å². The topological polar surface area (TPSA) is 103 Å². The highest BCUT2D eigenvalue weighted by Gasteiger charge is 2.11. The van der Waals surface area contributed by atoms with Crippen LogP contribution in [-0.4, -0.2) is 18.0 Å². The van der Waals surface area contributed by atoms with Crippen molar-refractivity contribution in [1.29, 1.82) is 0 Å². The van der Waals surface area contributed by atoms with Crippen molar-refractivity contribution >= 4 is 44.0 Å². The molecule has 112 valence electrons. The van der Waals surface area contributed by atoms with Gasteiger partial charge in [0.05, 0.1) is 17.3 Å². The van der Waals surface area contributed by atoms with Crippen LogP contribution in [0.3, 0.4) is 0 Å². The van der Waals surface area contributed by atoms with Gasteiger partial charge in [-0.15, -0.1) is 0 Å². The van der Waals surface area contributed by atoms with Crippen LogP contribution in [0, 0.1) is 0 Å². The lowest BCUT2D eigenvalue weighted by Crippen LogP contribution is -2.12. The minimum atomic E-state index is -0.301. The van der Waals surface area contributed by atoms with E-state index in [0.717, 1.165) is 16.0 Å². The summed E-state index contributed by atoms with van der Waals surface area (Å²) in [7, 11) is 1.61. The molecule has 0 aliphatic rings. The average molecular weight is 314 g/mol. The number of methoxy groups -OCH3 is 1. The number of nitrogen functional groups attached to an aromatic ring is 2. The zero-order valence-electron chi connectivity index (χ0n) is 11.8. The molecule has 0 unspecified atom stereocenters. The highest BCUT2D eigenvalue weighted by molar-refractivity contribution is 7.22. The number of anilines is 3. The Bertz CT molecular complexity index is 840. The van der Waals surface area contributed by atoms with Gasteiger partial charge in [-0.05, 0) is 36.4 Å². The van der Waals surface area contributed by atoms with Crippen LogP contribution in [0.4, 0.5) is 16.5 Å². The molecule has 7 heteroatoms. The smallest absolute Gasteiger partial charge is 0.257 e. The SMILES string of the molecule is COc1ccc2nc(NC(=O)c3cc(N)cc(N)c3)sc2c1. The summed E-state index contributed by atoms with van der Waals surface area (Å²) in [6.45, 7) is 0. The Kier molecular flexibility index (Phi) is 3.56. The van der Waals surface area contributed by atoms with E-state index in [9.17, 15) is 4.79 Å². The maximum atomic E-state index is 12.2. The second-order valence-electron chi connectivity index (χ2n) is 4.70. The Labute approximate surface area is 130 Å². The standard InChI is InChI=1S/C15H14N4O2S/c1-21-11-2-3-12-13(7-11)22-15(18-12)19-14(20)8-4-9(16)6-10(17)5-8/h2-7H,16-17H2,1H3,(H,18,19,20). The molecule has 22 heavy (non-hydrogen) atoms. The molecule has 0 bridgehead atoms. The number of nitrogens with zero attached hydrogens (tertiary/aromatic N) is 1. The summed E-state index contributed by atoms with van der Waals surface area (Å²) in [5.74, 6) is 0.447. The number of hydrogen-bond acceptors (Lipinski definition) is 6. The molecule has 3 rings (SSSR count). The van der Waals surface area contributed by atoms with Crippen LogP contribution in [0.15, 0.2) is 36.4 Å². The molecule has 0 aliphatic carbocycles. The van der Waals surface area contributed by atoms with E-state index in [1.807, 2.05) is 18.2 Å². The minimum absolute atomic E-state index is 0.301. The molecule has 1 aromatic heterocycles. The average Bonchev–Trinajstić information content (AvgIpc) is 2.87. The van der Waals surface area contributed by atoms with E-state index in [2.05, 4.69) is 10.3 Å². The number of nitrogens with two attached hydrogens (primary N) is 2. The van der Waals surface area contributed by atoms with Crippen LogP contribution in [0.1, 0.15) is 10.4 Å². The van der Waals surface area contributed by atoms with Gasteiger partial charge in [0, 0.05) is 16.9 Å². The molecule has 0 aliphatic heterocycles. The van der Waals surface area contributed by atoms with Gasteiger partial charge >= 0.3 is 0 Å². The van der Waals surface area contributed by atoms with E-state index in [0.29, 0.717) is 22.1 Å². The van der Waals surface area contributed by atoms with Gasteiger partial charge in [0.15, 0.2) is 5.13 Å². The second kappa shape index (κ2) is 5.53. The molecule has 0 saturated carbocycles. The second-order valence-corrected chi connectivity index (χ2v) is 5.73. The van der Waals surface area contributed by atoms with Crippen molar-refractivity contribution in [1.82, 2.24) is 4.98 Å². The first-order valence-corrected chi connectivity index (χ1v) is 7.29. The maximum Gasteiger partial charge on any atom is 0.257 e. The van der Waals surface area contributed by atoms with Crippen LogP contribution >= 0.6 is 11.3 Å². The predicted molar refractivity (Wildman–Crippen MR) is 89.4 cm³/mol. The van der Waals surface area contributed by atoms with E-state index in [1.54, 1.807) is 25.3 Å². The number of nitrogens with one attached hydrogen (secondary N) is 1. The number of amides is 1. The van der Waals surface area contributed by atoms with Crippen LogP contribution in [0.2, 0.25) is 0 Å². The van der Waals surface area contributed by atoms with Crippen molar-refractivity contribution in [2.75, 3.05) is 23.9 Å². The number of aromatic nitrogens is 1. The molecular formula is C15H14N4O2S. The zero-order valence-corrected chi connectivity index (χ0v) is 12.6. The number of hydrogen-bond donors (Lipinski definition) is 3. The number of thiazole rings is 1. The normalized spacial score (nSPS) is 10.6. The third-order valence-electron chi connectivity index (χ3n) is 3.06. The fraction of sp³-hybridized carbons (Fsp3) is 0.0667. The quantitative estimate of drug-likeness (QED) is 0.645. The first-order chi connectivity index (χ1) is 10.5. The number of carbonyl (C=O) groups is 1. The molecule has 2 aromatic carbocycles. The summed E-state index contributed by atoms with van der Waals surface area (Å²) in [5.41, 5.74) is 13.5. The molecule has 0 spiro atoms. The van der Waals surface area contributed by atoms with Crippen LogP contribution in [-0.2, 0) is 0 Å². The molecule has 0 saturated heterocycles. The largest absolute Gasteiger partial charge is 0.497 e. The highest BCUT2D eigenvalue weighted by Crippen LogP contribution is 2.29. The van der Waals surface area contributed by atoms with Crippen LogP contribution < -0.4 is 21.5 Å². The van der Waals surface area contributed by atoms with Crippen LogP contribution in [0.5, 0.6) is 5.75 Å². The summed E-state index contributed by atoms with van der Waals surface area (Å²) in [6.07, 6.45) is 0. The van der Waals surface area contributed by atoms with Gasteiger partial charge in [-0.25, -0.2) is 4.98 Å². The van der Waals surface area contributed by atoms with E-state index in [1.165, 1.54) is 11.3 Å². The van der Waals surface area contributed by atoms with Gasteiger partial charge in [-0.3, -0.25) is 10.1 Å². The molecule has 1 amide bonds. The Morgan fingerprint density at radius 2 is 1.91 bits per heavy atom. The number of ether oxygens (including phenoxy) is 1. The van der Waals surface area contributed by atoms with Crippen LogP contribution in [0.25, 0.3) is 10.2 Å². The number of rotatable bonds is 3. The Hall–Kier alpha value is -2.80. The van der Waals surface area contributed by atoms with Crippen molar-refractivity contribution in [3.05, 3.63) is 42.0 Å². The van der Waals surface area contributed by atoms with Gasteiger partial charge in [0.2, 0.25) is 0 Å². The Morgan fingerprint density at radius 3 is 2.59 bits per heavy atom. The van der Waals surface area contributed by atoms with Crippen molar-refractivity contribution in [2.45, 2.75) is 0 Å². The molecule has 1 heterocycles. The van der Waals surface area contributed by atoms with Gasteiger partial charge in [-0.1, -0.05) is 11.3 Å². The van der Waals surface area contributed by atoms with Crippen molar-refractivity contribution in [3.8, 4) is 5.75 Å². The molecule has 3 aromatic rings. The van der Waals surface area contributed by atoms with Gasteiger partial charge < -0.3 is 16.2 Å². The fourth-order valence-electron chi connectivity index (χ4n) is 2.06. The van der Waals surface area contributed by atoms with E-state index < -0.39 is 0 Å². The Balaban J connectivity index is 1.87. The molecule has 0 radical (unpaired) electrons. The minimum Gasteiger partial charge on any atom is -0.497 e. The lowest BCUT2D eigenvalue weighted by molar-refractivity contribution is 0.102. The number of benzene rings is 2. The van der Waals surface area contributed by atoms with Gasteiger partial charge in [-0.2, -0.15) is 0 Å². The fourth-order valence-corrected chi connectivity index (χ4v) is 2.95. The lowest BCUT2D eigenvalue weighted by Gasteiger charge is -2.04. The molecular weight excluding hydrogens is 300 g/mol. The predicted octanol–water partition coefficient (Wildman–Crippen LogP) is 2.72. The number of carbonyl (C=O) groups excluding carboxylic acids is 1. The lowest BCUT2D eigenvalue weighted by atomic mass is 10.1. The first-order valence-electron chi connectivity index (χ1n) is 6.47. The third kappa shape index (κ3) is 2.79. The van der Waals surface area contributed by atoms with E-state index >= 15 is 0 Å². The molecule has 5 N–H and O–H groups in total. The van der Waals surface area contributed by atoms with Crippen molar-refractivity contribution in [2.24, 2.45) is 0 Å². The summed E-state index contributed by atoms with van der Waals surface area (Å²) in [5, 5.41) is 3.26. The monoisotopic (exact) mass is 314 g/mol. The maximum absolute atomic E-state index is 12.2. The third-order valence-corrected chi connectivity index (χ3v) is 3.99. The Morgan fingerprint density at radius 1 is 1.18 bits per heavy atom. The van der Waals surface area contributed by atoms with Gasteiger partial charge in [0.25, 0.3) is 5.91 Å². The van der Waals surface area contributed by atoms with Crippen molar-refractivity contribution in [3.63, 3.8) is 0 Å². The first kappa shape index (κ1) is 14.2. The number of fused-ring (bicyclic) bond motifs is 1. The summed E-state index contributed by atoms with van der Waals surface area (Å²) in [6, 6.07) is 10.3. The summed E-state index contributed by atoms with van der Waals surface area (Å²) in [4.78, 5) is 16.6. The van der Waals surface area contributed by atoms with E-state index in [-0.39, 0.29) is 5.91 Å². The summed E-state index contributed by atoms with van der Waals surface area (Å²) < 4.78 is 6.10. The summed E-state index contributed by atoms with van der Waals surface area (Å²) >= 11 is 1.37. The molecule has 0 fully saturated rings. The van der Waals surface area contributed by atoms with Crippen molar-refractivity contribution < 1.29 is 9.53 Å².